The maximum absolute atomic E-state index is 12.7. The maximum atomic E-state index is 12.7. The second-order valence-corrected chi connectivity index (χ2v) is 10.7. The number of carbonyl (C=O) groups is 2. The first-order chi connectivity index (χ1) is 19.6. The van der Waals surface area contributed by atoms with Gasteiger partial charge in [-0.2, -0.15) is 5.10 Å². The van der Waals surface area contributed by atoms with Crippen LogP contribution in [0.2, 0.25) is 0 Å². The molecule has 2 heterocycles. The zero-order valence-corrected chi connectivity index (χ0v) is 23.4. The van der Waals surface area contributed by atoms with E-state index in [1.807, 2.05) is 42.5 Å². The lowest BCUT2D eigenvalue weighted by molar-refractivity contribution is -0.132. The first-order valence-electron chi connectivity index (χ1n) is 14.6. The van der Waals surface area contributed by atoms with Crippen molar-refractivity contribution in [1.82, 2.24) is 9.91 Å². The largest absolute Gasteiger partial charge is 0.493 e. The summed E-state index contributed by atoms with van der Waals surface area (Å²) in [4.78, 5) is 27.2. The van der Waals surface area contributed by atoms with Crippen LogP contribution in [0.1, 0.15) is 68.9 Å². The molecular formula is C31H40N4O5. The highest BCUT2D eigenvalue weighted by molar-refractivity contribution is 6.04. The molecule has 2 aromatic rings. The van der Waals surface area contributed by atoms with E-state index in [2.05, 4.69) is 10.2 Å². The van der Waals surface area contributed by atoms with Crippen LogP contribution >= 0.6 is 0 Å². The lowest BCUT2D eigenvalue weighted by atomic mass is 10.0. The number of amides is 2. The number of ether oxygens (including phenoxy) is 3. The number of nitrogens with zero attached hydrogens (tertiary/aromatic N) is 3. The summed E-state index contributed by atoms with van der Waals surface area (Å²) in [6.07, 6.45) is 8.60. The Labute approximate surface area is 236 Å². The van der Waals surface area contributed by atoms with Crippen LogP contribution in [0, 0.1) is 0 Å². The Morgan fingerprint density at radius 3 is 2.52 bits per heavy atom. The molecule has 0 atom stereocenters. The van der Waals surface area contributed by atoms with Crippen LogP contribution in [-0.2, 0) is 16.1 Å². The predicted octanol–water partition coefficient (Wildman–Crippen LogP) is 5.58. The molecule has 214 valence electrons. The number of likely N-dealkylation sites (tertiary alicyclic amines) is 1. The molecule has 3 aliphatic rings. The van der Waals surface area contributed by atoms with E-state index in [0.717, 1.165) is 61.5 Å². The van der Waals surface area contributed by atoms with Crippen molar-refractivity contribution in [2.75, 3.05) is 38.7 Å². The average molecular weight is 549 g/mol. The topological polar surface area (TPSA) is 92.7 Å². The number of anilines is 1. The van der Waals surface area contributed by atoms with Gasteiger partial charge in [0.15, 0.2) is 11.5 Å². The summed E-state index contributed by atoms with van der Waals surface area (Å²) in [5.41, 5.74) is 3.35. The van der Waals surface area contributed by atoms with Gasteiger partial charge in [-0.25, -0.2) is 9.80 Å². The molecule has 2 fully saturated rings. The number of hydrogen-bond acceptors (Lipinski definition) is 7. The SMILES string of the molecule is COc1ccc(C2=NN(Cc3ccc(NC(=O)OCCCN4CCCC4)cc3)C(=O)CC2)cc1OC1CCCC1. The van der Waals surface area contributed by atoms with Crippen LogP contribution in [0.3, 0.4) is 0 Å². The molecule has 1 saturated heterocycles. The van der Waals surface area contributed by atoms with Crippen molar-refractivity contribution < 1.29 is 23.8 Å². The van der Waals surface area contributed by atoms with E-state index in [4.69, 9.17) is 19.3 Å². The molecular weight excluding hydrogens is 508 g/mol. The summed E-state index contributed by atoms with van der Waals surface area (Å²) in [7, 11) is 1.65. The van der Waals surface area contributed by atoms with Crippen molar-refractivity contribution in [3.8, 4) is 11.5 Å². The van der Waals surface area contributed by atoms with Gasteiger partial charge in [0.2, 0.25) is 5.91 Å². The minimum absolute atomic E-state index is 0.0144. The molecule has 2 amide bonds. The normalized spacial score (nSPS) is 18.1. The van der Waals surface area contributed by atoms with E-state index < -0.39 is 6.09 Å². The number of rotatable bonds is 11. The van der Waals surface area contributed by atoms with Crippen LogP contribution in [-0.4, -0.2) is 67.1 Å². The first kappa shape index (κ1) is 28.0. The lowest BCUT2D eigenvalue weighted by Gasteiger charge is -2.24. The van der Waals surface area contributed by atoms with Gasteiger partial charge >= 0.3 is 6.09 Å². The lowest BCUT2D eigenvalue weighted by Crippen LogP contribution is -2.31. The zero-order chi connectivity index (χ0) is 27.7. The van der Waals surface area contributed by atoms with Gasteiger partial charge < -0.3 is 19.1 Å². The average Bonchev–Trinajstić information content (AvgIpc) is 3.68. The van der Waals surface area contributed by atoms with Gasteiger partial charge in [-0.05, 0) is 93.9 Å². The molecule has 0 bridgehead atoms. The summed E-state index contributed by atoms with van der Waals surface area (Å²) < 4.78 is 17.1. The fourth-order valence-corrected chi connectivity index (χ4v) is 5.55. The minimum Gasteiger partial charge on any atom is -0.493 e. The van der Waals surface area contributed by atoms with Gasteiger partial charge in [0.1, 0.15) is 0 Å². The highest BCUT2D eigenvalue weighted by atomic mass is 16.5. The van der Waals surface area contributed by atoms with E-state index in [1.165, 1.54) is 30.7 Å². The van der Waals surface area contributed by atoms with E-state index in [0.29, 0.717) is 37.4 Å². The Balaban J connectivity index is 1.16. The molecule has 0 spiro atoms. The number of methoxy groups -OCH3 is 1. The maximum Gasteiger partial charge on any atom is 0.411 e. The summed E-state index contributed by atoms with van der Waals surface area (Å²) in [5, 5.41) is 9.01. The van der Waals surface area contributed by atoms with Crippen molar-refractivity contribution in [3.05, 3.63) is 53.6 Å². The molecule has 9 nitrogen and oxygen atoms in total. The molecule has 9 heteroatoms. The van der Waals surface area contributed by atoms with E-state index in [-0.39, 0.29) is 12.0 Å². The second kappa shape index (κ2) is 13.7. The molecule has 1 saturated carbocycles. The van der Waals surface area contributed by atoms with Crippen molar-refractivity contribution in [2.24, 2.45) is 5.10 Å². The predicted molar refractivity (Wildman–Crippen MR) is 154 cm³/mol. The fraction of sp³-hybridized carbons (Fsp3) is 0.516. The number of nitrogens with one attached hydrogen (secondary N) is 1. The zero-order valence-electron chi connectivity index (χ0n) is 23.4. The summed E-state index contributed by atoms with van der Waals surface area (Å²) in [5.74, 6) is 1.42. The van der Waals surface area contributed by atoms with Gasteiger partial charge in [0.05, 0.1) is 32.1 Å². The quantitative estimate of drug-likeness (QED) is 0.369. The van der Waals surface area contributed by atoms with E-state index in [1.54, 1.807) is 7.11 Å². The van der Waals surface area contributed by atoms with Crippen LogP contribution < -0.4 is 14.8 Å². The molecule has 2 aliphatic heterocycles. The number of hydrogen-bond donors (Lipinski definition) is 1. The van der Waals surface area contributed by atoms with E-state index in [9.17, 15) is 9.59 Å². The number of carbonyl (C=O) groups excluding carboxylic acids is 2. The summed E-state index contributed by atoms with van der Waals surface area (Å²) >= 11 is 0. The van der Waals surface area contributed by atoms with Gasteiger partial charge in [0, 0.05) is 30.6 Å². The monoisotopic (exact) mass is 548 g/mol. The smallest absolute Gasteiger partial charge is 0.411 e. The van der Waals surface area contributed by atoms with Crippen molar-refractivity contribution in [1.29, 1.82) is 0 Å². The second-order valence-electron chi connectivity index (χ2n) is 10.7. The highest BCUT2D eigenvalue weighted by Gasteiger charge is 2.24. The first-order valence-corrected chi connectivity index (χ1v) is 14.6. The minimum atomic E-state index is -0.453. The Hall–Kier alpha value is -3.59. The van der Waals surface area contributed by atoms with Crippen molar-refractivity contribution >= 4 is 23.4 Å². The molecule has 0 unspecified atom stereocenters. The van der Waals surface area contributed by atoms with Gasteiger partial charge in [0.25, 0.3) is 0 Å². The standard InChI is InChI=1S/C31H40N4O5/c1-38-28-15-11-24(21-29(28)40-26-7-2-3-8-26)27-14-16-30(36)35(33-27)22-23-9-12-25(13-10-23)32-31(37)39-20-6-19-34-17-4-5-18-34/h9-13,15,21,26H,2-8,14,16-20,22H2,1H3,(H,32,37). The van der Waals surface area contributed by atoms with Gasteiger partial charge in [-0.1, -0.05) is 12.1 Å². The van der Waals surface area contributed by atoms with Crippen molar-refractivity contribution in [3.63, 3.8) is 0 Å². The van der Waals surface area contributed by atoms with Crippen LogP contribution in [0.4, 0.5) is 10.5 Å². The highest BCUT2D eigenvalue weighted by Crippen LogP contribution is 2.33. The van der Waals surface area contributed by atoms with E-state index >= 15 is 0 Å². The Morgan fingerprint density at radius 2 is 1.77 bits per heavy atom. The Bertz CT molecular complexity index is 1190. The fourth-order valence-electron chi connectivity index (χ4n) is 5.55. The molecule has 1 N–H and O–H groups in total. The van der Waals surface area contributed by atoms with Crippen LogP contribution in [0.15, 0.2) is 47.6 Å². The van der Waals surface area contributed by atoms with Crippen LogP contribution in [0.5, 0.6) is 11.5 Å². The van der Waals surface area contributed by atoms with Crippen LogP contribution in [0.25, 0.3) is 0 Å². The number of benzene rings is 2. The molecule has 5 rings (SSSR count). The molecule has 0 aromatic heterocycles. The van der Waals surface area contributed by atoms with Crippen molar-refractivity contribution in [2.45, 2.75) is 70.4 Å². The van der Waals surface area contributed by atoms with Gasteiger partial charge in [-0.15, -0.1) is 0 Å². The third-order valence-electron chi connectivity index (χ3n) is 7.78. The molecule has 40 heavy (non-hydrogen) atoms. The summed E-state index contributed by atoms with van der Waals surface area (Å²) in [6.45, 7) is 4.01. The molecule has 0 radical (unpaired) electrons. The third-order valence-corrected chi connectivity index (χ3v) is 7.78. The summed E-state index contributed by atoms with van der Waals surface area (Å²) in [6, 6.07) is 13.3. The molecule has 1 aliphatic carbocycles. The van der Waals surface area contributed by atoms with Gasteiger partial charge in [-0.3, -0.25) is 10.1 Å². The molecule has 2 aromatic carbocycles. The number of hydrazone groups is 1. The third kappa shape index (κ3) is 7.53. The Kier molecular flexibility index (Phi) is 9.54. The Morgan fingerprint density at radius 1 is 1.00 bits per heavy atom.